The van der Waals surface area contributed by atoms with Crippen LogP contribution in [0.1, 0.15) is 5.82 Å². The first-order valence-corrected chi connectivity index (χ1v) is 6.90. The molecule has 0 saturated heterocycles. The van der Waals surface area contributed by atoms with Gasteiger partial charge >= 0.3 is 0 Å². The van der Waals surface area contributed by atoms with Gasteiger partial charge in [0.15, 0.2) is 17.4 Å². The molecular weight excluding hydrogens is 297 g/mol. The van der Waals surface area contributed by atoms with Crippen LogP contribution in [0.5, 0.6) is 5.75 Å². The Labute approximate surface area is 132 Å². The highest BCUT2D eigenvalue weighted by molar-refractivity contribution is 5.53. The third-order valence-electron chi connectivity index (χ3n) is 2.92. The van der Waals surface area contributed by atoms with E-state index >= 15 is 0 Å². The van der Waals surface area contributed by atoms with Crippen molar-refractivity contribution in [2.75, 3.05) is 11.1 Å². The maximum Gasteiger partial charge on any atom is 0.232 e. The average molecular weight is 311 g/mol. The topological polar surface area (TPSA) is 86.0 Å². The van der Waals surface area contributed by atoms with Crippen molar-refractivity contribution in [1.82, 2.24) is 15.0 Å². The minimum atomic E-state index is -0.447. The number of benzene rings is 2. The van der Waals surface area contributed by atoms with Gasteiger partial charge in [-0.25, -0.2) is 4.39 Å². The summed E-state index contributed by atoms with van der Waals surface area (Å²) in [5, 5.41) is 3.02. The van der Waals surface area contributed by atoms with Gasteiger partial charge in [-0.1, -0.05) is 30.3 Å². The highest BCUT2D eigenvalue weighted by atomic mass is 19.1. The molecule has 0 aliphatic rings. The Morgan fingerprint density at radius 2 is 1.70 bits per heavy atom. The molecule has 116 valence electrons. The predicted molar refractivity (Wildman–Crippen MR) is 84.7 cm³/mol. The third-order valence-corrected chi connectivity index (χ3v) is 2.92. The van der Waals surface area contributed by atoms with Crippen LogP contribution in [0.2, 0.25) is 0 Å². The summed E-state index contributed by atoms with van der Waals surface area (Å²) < 4.78 is 18.9. The number of ether oxygens (including phenoxy) is 1. The summed E-state index contributed by atoms with van der Waals surface area (Å²) in [7, 11) is 0. The van der Waals surface area contributed by atoms with Crippen molar-refractivity contribution in [3.8, 4) is 5.75 Å². The van der Waals surface area contributed by atoms with E-state index < -0.39 is 5.82 Å². The summed E-state index contributed by atoms with van der Waals surface area (Å²) >= 11 is 0. The van der Waals surface area contributed by atoms with Crippen molar-refractivity contribution in [2.45, 2.75) is 6.61 Å². The van der Waals surface area contributed by atoms with E-state index in [2.05, 4.69) is 20.3 Å². The van der Waals surface area contributed by atoms with Crippen LogP contribution in [0, 0.1) is 5.82 Å². The number of anilines is 3. The lowest BCUT2D eigenvalue weighted by atomic mass is 10.3. The van der Waals surface area contributed by atoms with Gasteiger partial charge in [0, 0.05) is 5.69 Å². The third kappa shape index (κ3) is 3.91. The Hall–Kier alpha value is -3.22. The number of aromatic nitrogens is 3. The molecule has 0 spiro atoms. The fourth-order valence-electron chi connectivity index (χ4n) is 1.91. The van der Waals surface area contributed by atoms with E-state index in [0.717, 1.165) is 5.69 Å². The van der Waals surface area contributed by atoms with E-state index in [9.17, 15) is 4.39 Å². The van der Waals surface area contributed by atoms with Crippen molar-refractivity contribution < 1.29 is 9.13 Å². The summed E-state index contributed by atoms with van der Waals surface area (Å²) in [5.74, 6) is 0.349. The molecule has 0 unspecified atom stereocenters. The van der Waals surface area contributed by atoms with Gasteiger partial charge in [-0.3, -0.25) is 0 Å². The predicted octanol–water partition coefficient (Wildman–Crippen LogP) is 2.92. The number of nitrogens with two attached hydrogens (primary N) is 1. The molecule has 7 heteroatoms. The molecule has 0 fully saturated rings. The highest BCUT2D eigenvalue weighted by Crippen LogP contribution is 2.17. The van der Waals surface area contributed by atoms with Crippen LogP contribution < -0.4 is 15.8 Å². The van der Waals surface area contributed by atoms with Crippen LogP contribution in [0.15, 0.2) is 54.6 Å². The van der Waals surface area contributed by atoms with Crippen LogP contribution in [0.4, 0.5) is 22.0 Å². The van der Waals surface area contributed by atoms with Gasteiger partial charge in [-0.05, 0) is 24.3 Å². The van der Waals surface area contributed by atoms with Gasteiger partial charge in [0.05, 0.1) is 0 Å². The Morgan fingerprint density at radius 3 is 2.48 bits per heavy atom. The summed E-state index contributed by atoms with van der Waals surface area (Å²) in [6, 6.07) is 15.5. The minimum absolute atomic E-state index is 0.0167. The first-order chi connectivity index (χ1) is 11.2. The van der Waals surface area contributed by atoms with E-state index in [0.29, 0.717) is 11.8 Å². The van der Waals surface area contributed by atoms with Crippen LogP contribution >= 0.6 is 0 Å². The van der Waals surface area contributed by atoms with Crippen LogP contribution in [0.25, 0.3) is 0 Å². The molecule has 2 aromatic carbocycles. The van der Waals surface area contributed by atoms with Gasteiger partial charge in [0.1, 0.15) is 6.61 Å². The first kappa shape index (κ1) is 14.7. The molecule has 6 nitrogen and oxygen atoms in total. The standard InChI is InChI=1S/C16H14FN5O/c17-12-8-4-5-9-13(12)23-10-14-20-15(18)22-16(21-14)19-11-6-2-1-3-7-11/h1-9H,10H2,(H3,18,19,20,21,22). The number of nitrogen functional groups attached to an aromatic ring is 1. The molecule has 0 aliphatic carbocycles. The second kappa shape index (κ2) is 6.69. The fraction of sp³-hybridized carbons (Fsp3) is 0.0625. The molecule has 0 bridgehead atoms. The smallest absolute Gasteiger partial charge is 0.232 e. The van der Waals surface area contributed by atoms with Crippen LogP contribution in [-0.2, 0) is 6.61 Å². The zero-order valence-corrected chi connectivity index (χ0v) is 12.1. The minimum Gasteiger partial charge on any atom is -0.483 e. The van der Waals surface area contributed by atoms with Gasteiger partial charge in [-0.15, -0.1) is 0 Å². The second-order valence-electron chi connectivity index (χ2n) is 4.64. The zero-order chi connectivity index (χ0) is 16.1. The number of hydrogen-bond acceptors (Lipinski definition) is 6. The highest BCUT2D eigenvalue weighted by Gasteiger charge is 2.07. The monoisotopic (exact) mass is 311 g/mol. The molecule has 3 aromatic rings. The van der Waals surface area contributed by atoms with Crippen molar-refractivity contribution in [1.29, 1.82) is 0 Å². The van der Waals surface area contributed by atoms with E-state index in [-0.39, 0.29) is 18.3 Å². The largest absolute Gasteiger partial charge is 0.483 e. The maximum absolute atomic E-state index is 13.5. The summed E-state index contributed by atoms with van der Waals surface area (Å²) in [6.45, 7) is -0.0167. The number of nitrogens with one attached hydrogen (secondary N) is 1. The first-order valence-electron chi connectivity index (χ1n) is 6.90. The second-order valence-corrected chi connectivity index (χ2v) is 4.64. The number of nitrogens with zero attached hydrogens (tertiary/aromatic N) is 3. The van der Waals surface area contributed by atoms with E-state index in [1.807, 2.05) is 30.3 Å². The number of halogens is 1. The van der Waals surface area contributed by atoms with E-state index in [1.165, 1.54) is 12.1 Å². The lowest BCUT2D eigenvalue weighted by Gasteiger charge is -2.09. The summed E-state index contributed by atoms with van der Waals surface area (Å²) in [5.41, 5.74) is 6.50. The summed E-state index contributed by atoms with van der Waals surface area (Å²) in [4.78, 5) is 12.2. The lowest BCUT2D eigenvalue weighted by molar-refractivity contribution is 0.281. The van der Waals surface area contributed by atoms with Crippen LogP contribution in [-0.4, -0.2) is 15.0 Å². The van der Waals surface area contributed by atoms with Gasteiger partial charge in [-0.2, -0.15) is 15.0 Å². The SMILES string of the molecule is Nc1nc(COc2ccccc2F)nc(Nc2ccccc2)n1. The van der Waals surface area contributed by atoms with Crippen molar-refractivity contribution in [2.24, 2.45) is 0 Å². The van der Waals surface area contributed by atoms with Crippen molar-refractivity contribution >= 4 is 17.6 Å². The van der Waals surface area contributed by atoms with Crippen LogP contribution in [0.3, 0.4) is 0 Å². The fourth-order valence-corrected chi connectivity index (χ4v) is 1.91. The zero-order valence-electron chi connectivity index (χ0n) is 12.1. The Balaban J connectivity index is 1.74. The molecular formula is C16H14FN5O. The number of rotatable bonds is 5. The summed E-state index contributed by atoms with van der Waals surface area (Å²) in [6.07, 6.45) is 0. The van der Waals surface area contributed by atoms with Crippen molar-refractivity contribution in [3.05, 3.63) is 66.2 Å². The Morgan fingerprint density at radius 1 is 0.957 bits per heavy atom. The van der Waals surface area contributed by atoms with E-state index in [4.69, 9.17) is 10.5 Å². The molecule has 0 atom stereocenters. The molecule has 0 amide bonds. The molecule has 1 heterocycles. The quantitative estimate of drug-likeness (QED) is 0.753. The Kier molecular flexibility index (Phi) is 4.28. The molecule has 23 heavy (non-hydrogen) atoms. The van der Waals surface area contributed by atoms with E-state index in [1.54, 1.807) is 12.1 Å². The molecule has 3 N–H and O–H groups in total. The normalized spacial score (nSPS) is 10.3. The average Bonchev–Trinajstić information content (AvgIpc) is 2.54. The number of hydrogen-bond donors (Lipinski definition) is 2. The number of para-hydroxylation sites is 2. The Bertz CT molecular complexity index is 797. The molecule has 0 aliphatic heterocycles. The van der Waals surface area contributed by atoms with Gasteiger partial charge in [0.2, 0.25) is 11.9 Å². The van der Waals surface area contributed by atoms with Crippen molar-refractivity contribution in [3.63, 3.8) is 0 Å². The van der Waals surface area contributed by atoms with Gasteiger partial charge in [0.25, 0.3) is 0 Å². The molecule has 1 aromatic heterocycles. The maximum atomic E-state index is 13.5. The van der Waals surface area contributed by atoms with Gasteiger partial charge < -0.3 is 15.8 Å². The molecule has 3 rings (SSSR count). The molecule has 0 saturated carbocycles. The molecule has 0 radical (unpaired) electrons. The lowest BCUT2D eigenvalue weighted by Crippen LogP contribution is -2.09.